The van der Waals surface area contributed by atoms with Crippen LogP contribution in [0.2, 0.25) is 0 Å². The van der Waals surface area contributed by atoms with Crippen molar-refractivity contribution in [2.24, 2.45) is 17.3 Å². The van der Waals surface area contributed by atoms with Gasteiger partial charge in [0.15, 0.2) is 11.6 Å². The molecule has 0 heterocycles. The molecule has 28 heavy (non-hydrogen) atoms. The summed E-state index contributed by atoms with van der Waals surface area (Å²) in [6.45, 7) is 3.88. The Morgan fingerprint density at radius 3 is 2.21 bits per heavy atom. The van der Waals surface area contributed by atoms with Crippen molar-refractivity contribution in [1.29, 1.82) is 5.26 Å². The number of ketones is 2. The van der Waals surface area contributed by atoms with Gasteiger partial charge in [0, 0.05) is 17.0 Å². The molecule has 0 amide bonds. The predicted octanol–water partition coefficient (Wildman–Crippen LogP) is 5.10. The number of carbonyl (C=O) groups excluding carboxylic acids is 2. The Bertz CT molecular complexity index is 967. The highest BCUT2D eigenvalue weighted by Gasteiger charge is 2.60. The second kappa shape index (κ2) is 6.83. The van der Waals surface area contributed by atoms with E-state index >= 15 is 0 Å². The number of rotatable bonds is 2. The van der Waals surface area contributed by atoms with Gasteiger partial charge < -0.3 is 0 Å². The Morgan fingerprint density at radius 1 is 1.07 bits per heavy atom. The van der Waals surface area contributed by atoms with E-state index in [-0.39, 0.29) is 17.5 Å². The van der Waals surface area contributed by atoms with Gasteiger partial charge in [-0.05, 0) is 36.5 Å². The number of carbonyl (C=O) groups is 2. The molecular weight excluding hydrogens is 353 g/mol. The monoisotopic (exact) mass is 373 g/mol. The van der Waals surface area contributed by atoms with Crippen LogP contribution in [0.5, 0.6) is 0 Å². The highest BCUT2D eigenvalue weighted by Crippen LogP contribution is 2.56. The number of allylic oxidation sites excluding steroid dienone is 1. The number of halogens is 1. The molecule has 3 atom stereocenters. The van der Waals surface area contributed by atoms with Crippen molar-refractivity contribution >= 4 is 11.6 Å². The molecule has 0 aromatic heterocycles. The first-order valence-corrected chi connectivity index (χ1v) is 9.51. The topological polar surface area (TPSA) is 57.9 Å². The molecule has 4 heteroatoms. The summed E-state index contributed by atoms with van der Waals surface area (Å²) in [7, 11) is 0. The third-order valence-electron chi connectivity index (χ3n) is 6.37. The Balaban J connectivity index is 1.98. The lowest BCUT2D eigenvalue weighted by Gasteiger charge is -2.37. The number of hydrogen-bond donors (Lipinski definition) is 0. The third-order valence-corrected chi connectivity index (χ3v) is 6.37. The molecule has 140 valence electrons. The smallest absolute Gasteiger partial charge is 0.178 e. The summed E-state index contributed by atoms with van der Waals surface area (Å²) in [5, 5.41) is 10.0. The average Bonchev–Trinajstić information content (AvgIpc) is 2.85. The van der Waals surface area contributed by atoms with Crippen molar-refractivity contribution in [3.8, 4) is 6.07 Å². The summed E-state index contributed by atoms with van der Waals surface area (Å²) in [6, 6.07) is 15.1. The molecule has 1 saturated carbocycles. The van der Waals surface area contributed by atoms with Crippen LogP contribution in [0.1, 0.15) is 51.5 Å². The molecule has 1 spiro atoms. The molecule has 2 aromatic rings. The Kier molecular flexibility index (Phi) is 4.47. The van der Waals surface area contributed by atoms with Gasteiger partial charge in [-0.3, -0.25) is 9.59 Å². The largest absolute Gasteiger partial charge is 0.293 e. The fraction of sp³-hybridized carbons (Fsp3) is 0.292. The summed E-state index contributed by atoms with van der Waals surface area (Å²) in [5.41, 5.74) is 0.178. The maximum Gasteiger partial charge on any atom is 0.178 e. The van der Waals surface area contributed by atoms with E-state index in [4.69, 9.17) is 0 Å². The fourth-order valence-corrected chi connectivity index (χ4v) is 5.07. The van der Waals surface area contributed by atoms with E-state index in [1.54, 1.807) is 42.5 Å². The summed E-state index contributed by atoms with van der Waals surface area (Å²) < 4.78 is 13.6. The molecule has 0 radical (unpaired) electrons. The minimum Gasteiger partial charge on any atom is -0.293 e. The van der Waals surface area contributed by atoms with E-state index in [0.29, 0.717) is 36.0 Å². The van der Waals surface area contributed by atoms with Gasteiger partial charge in [-0.2, -0.15) is 5.26 Å². The van der Waals surface area contributed by atoms with Crippen molar-refractivity contribution in [2.45, 2.75) is 25.2 Å². The van der Waals surface area contributed by atoms with E-state index in [9.17, 15) is 19.2 Å². The normalized spacial score (nSPS) is 25.8. The average molecular weight is 373 g/mol. The molecule has 2 aliphatic rings. The zero-order chi connectivity index (χ0) is 19.9. The number of fused-ring (bicyclic) bond motifs is 1. The van der Waals surface area contributed by atoms with Gasteiger partial charge >= 0.3 is 0 Å². The molecule has 0 saturated heterocycles. The van der Waals surface area contributed by atoms with Crippen LogP contribution in [-0.2, 0) is 0 Å². The van der Waals surface area contributed by atoms with Crippen molar-refractivity contribution in [2.75, 3.05) is 0 Å². The van der Waals surface area contributed by atoms with E-state index < -0.39 is 23.1 Å². The highest BCUT2D eigenvalue weighted by atomic mass is 19.1. The number of Topliss-reactive ketones (excluding diaryl/α,β-unsaturated/α-hetero) is 2. The molecule has 0 bridgehead atoms. The minimum absolute atomic E-state index is 0.135. The first kappa shape index (κ1) is 18.3. The van der Waals surface area contributed by atoms with Crippen LogP contribution in [0, 0.1) is 34.4 Å². The van der Waals surface area contributed by atoms with Crippen LogP contribution < -0.4 is 0 Å². The van der Waals surface area contributed by atoms with Crippen molar-refractivity contribution < 1.29 is 14.0 Å². The van der Waals surface area contributed by atoms with Crippen LogP contribution in [0.25, 0.3) is 0 Å². The zero-order valence-corrected chi connectivity index (χ0v) is 15.4. The van der Waals surface area contributed by atoms with Crippen LogP contribution in [0.4, 0.5) is 4.39 Å². The third kappa shape index (κ3) is 2.46. The molecule has 2 aromatic carbocycles. The van der Waals surface area contributed by atoms with Crippen LogP contribution >= 0.6 is 0 Å². The van der Waals surface area contributed by atoms with E-state index in [2.05, 4.69) is 12.6 Å². The summed E-state index contributed by atoms with van der Waals surface area (Å²) in [5.74, 6) is -2.19. The summed E-state index contributed by atoms with van der Waals surface area (Å²) >= 11 is 0. The SMILES string of the molecule is C=C[C@H]1CCCC2(C(=O)c3ccccc3C2=O)[C@H](c2ccc(F)cc2)[C@H]1C#N. The van der Waals surface area contributed by atoms with Gasteiger partial charge in [0.25, 0.3) is 0 Å². The van der Waals surface area contributed by atoms with Gasteiger partial charge in [-0.25, -0.2) is 4.39 Å². The van der Waals surface area contributed by atoms with Crippen molar-refractivity contribution in [3.05, 3.63) is 83.7 Å². The van der Waals surface area contributed by atoms with Gasteiger partial charge in [0.05, 0.1) is 12.0 Å². The van der Waals surface area contributed by atoms with Crippen molar-refractivity contribution in [3.63, 3.8) is 0 Å². The summed E-state index contributed by atoms with van der Waals surface area (Å²) in [4.78, 5) is 27.2. The molecule has 3 nitrogen and oxygen atoms in total. The second-order valence-electron chi connectivity index (χ2n) is 7.65. The first-order chi connectivity index (χ1) is 13.5. The molecule has 2 aliphatic carbocycles. The number of nitriles is 1. The van der Waals surface area contributed by atoms with E-state index in [1.165, 1.54) is 12.1 Å². The molecule has 4 rings (SSSR count). The standard InChI is InChI=1S/C24H20FNO2/c1-2-15-6-5-13-24(22(27)18-7-3-4-8-19(18)23(24)28)21(20(15)14-26)16-9-11-17(25)12-10-16/h2-4,7-12,15,20-21H,1,5-6,13H2/t15-,20-,21+/m0/s1. The van der Waals surface area contributed by atoms with E-state index in [0.717, 1.165) is 0 Å². The maximum atomic E-state index is 13.6. The molecule has 0 aliphatic heterocycles. The molecular formula is C24H20FNO2. The Morgan fingerprint density at radius 2 is 1.68 bits per heavy atom. The van der Waals surface area contributed by atoms with Crippen LogP contribution in [-0.4, -0.2) is 11.6 Å². The molecule has 1 fully saturated rings. The lowest BCUT2D eigenvalue weighted by atomic mass is 9.61. The summed E-state index contributed by atoms with van der Waals surface area (Å²) in [6.07, 6.45) is 3.47. The second-order valence-corrected chi connectivity index (χ2v) is 7.65. The first-order valence-electron chi connectivity index (χ1n) is 9.51. The predicted molar refractivity (Wildman–Crippen MR) is 103 cm³/mol. The Labute approximate surface area is 163 Å². The lowest BCUT2D eigenvalue weighted by Crippen LogP contribution is -2.42. The maximum absolute atomic E-state index is 13.6. The molecule has 0 N–H and O–H groups in total. The molecule has 0 unspecified atom stereocenters. The van der Waals surface area contributed by atoms with Crippen LogP contribution in [0.3, 0.4) is 0 Å². The Hall–Kier alpha value is -3.06. The number of nitrogens with zero attached hydrogens (tertiary/aromatic N) is 1. The minimum atomic E-state index is -1.32. The highest BCUT2D eigenvalue weighted by molar-refractivity contribution is 6.30. The number of hydrogen-bond acceptors (Lipinski definition) is 3. The van der Waals surface area contributed by atoms with Gasteiger partial charge in [-0.1, -0.05) is 48.9 Å². The quantitative estimate of drug-likeness (QED) is 0.543. The van der Waals surface area contributed by atoms with Crippen molar-refractivity contribution in [1.82, 2.24) is 0 Å². The van der Waals surface area contributed by atoms with Gasteiger partial charge in [-0.15, -0.1) is 6.58 Å². The number of benzene rings is 2. The zero-order valence-electron chi connectivity index (χ0n) is 15.4. The van der Waals surface area contributed by atoms with Gasteiger partial charge in [0.2, 0.25) is 0 Å². The van der Waals surface area contributed by atoms with Gasteiger partial charge in [0.1, 0.15) is 11.2 Å². The van der Waals surface area contributed by atoms with Crippen LogP contribution in [0.15, 0.2) is 61.2 Å². The lowest BCUT2D eigenvalue weighted by molar-refractivity contribution is 0.0609. The van der Waals surface area contributed by atoms with E-state index in [1.807, 2.05) is 0 Å². The fourth-order valence-electron chi connectivity index (χ4n) is 5.07.